The van der Waals surface area contributed by atoms with Gasteiger partial charge in [-0.1, -0.05) is 66.4 Å². The second kappa shape index (κ2) is 7.56. The number of nitro benzene ring substituents is 1. The van der Waals surface area contributed by atoms with Crippen LogP contribution in [0.15, 0.2) is 59.8 Å². The molecule has 0 radical (unpaired) electrons. The molecule has 0 saturated carbocycles. The molecule has 0 saturated heterocycles. The lowest BCUT2D eigenvalue weighted by atomic mass is 10.2. The first kappa shape index (κ1) is 15.9. The summed E-state index contributed by atoms with van der Waals surface area (Å²) in [5.41, 5.74) is 1.84. The largest absolute Gasteiger partial charge is 0.273 e. The van der Waals surface area contributed by atoms with E-state index in [0.717, 1.165) is 5.56 Å². The quantitative estimate of drug-likeness (QED) is 0.414. The minimum absolute atomic E-state index is 0.115. The standard InChI is InChI=1S/C17H14N4O2S/c22-21(23)15-9-5-4-8-14(15)12-24-17-18-16(19-20-17)11-10-13-6-2-1-3-7-13/h1-11H,12H2,(H,18,19,20)/b11-10+. The number of nitrogens with zero attached hydrogens (tertiary/aromatic N) is 3. The average molecular weight is 338 g/mol. The molecule has 0 spiro atoms. The van der Waals surface area contributed by atoms with E-state index in [1.165, 1.54) is 17.8 Å². The fraction of sp³-hybridized carbons (Fsp3) is 0.0588. The van der Waals surface area contributed by atoms with Gasteiger partial charge in [0.2, 0.25) is 5.16 Å². The molecule has 0 aliphatic heterocycles. The molecule has 0 amide bonds. The molecule has 0 fully saturated rings. The molecule has 3 aromatic rings. The van der Waals surface area contributed by atoms with Crippen molar-refractivity contribution in [3.05, 3.63) is 81.7 Å². The second-order valence-corrected chi connectivity index (χ2v) is 5.86. The molecule has 0 bridgehead atoms. The number of hydrogen-bond donors (Lipinski definition) is 1. The Bertz CT molecular complexity index is 862. The monoisotopic (exact) mass is 338 g/mol. The van der Waals surface area contributed by atoms with Gasteiger partial charge in [-0.05, 0) is 11.6 Å². The summed E-state index contributed by atoms with van der Waals surface area (Å²) in [7, 11) is 0. The Hall–Kier alpha value is -2.93. The number of aromatic nitrogens is 3. The van der Waals surface area contributed by atoms with Gasteiger partial charge in [0.05, 0.1) is 4.92 Å². The highest BCUT2D eigenvalue weighted by Gasteiger charge is 2.13. The van der Waals surface area contributed by atoms with Crippen molar-refractivity contribution in [2.45, 2.75) is 10.9 Å². The zero-order valence-corrected chi connectivity index (χ0v) is 13.4. The van der Waals surface area contributed by atoms with Gasteiger partial charge >= 0.3 is 0 Å². The van der Waals surface area contributed by atoms with Gasteiger partial charge in [-0.15, -0.1) is 5.10 Å². The molecule has 3 rings (SSSR count). The molecule has 0 aliphatic carbocycles. The number of nitrogens with one attached hydrogen (secondary N) is 1. The Balaban J connectivity index is 1.65. The average Bonchev–Trinajstić information content (AvgIpc) is 3.07. The highest BCUT2D eigenvalue weighted by atomic mass is 32.2. The van der Waals surface area contributed by atoms with E-state index in [1.54, 1.807) is 18.2 Å². The van der Waals surface area contributed by atoms with Crippen LogP contribution in [0.2, 0.25) is 0 Å². The Labute approximate surface area is 142 Å². The van der Waals surface area contributed by atoms with E-state index in [9.17, 15) is 10.1 Å². The Morgan fingerprint density at radius 2 is 1.83 bits per heavy atom. The van der Waals surface area contributed by atoms with Gasteiger partial charge in [0.25, 0.3) is 5.69 Å². The molecule has 6 nitrogen and oxygen atoms in total. The number of rotatable bonds is 6. The first-order valence-electron chi connectivity index (χ1n) is 7.23. The molecule has 0 unspecified atom stereocenters. The van der Waals surface area contributed by atoms with Crippen LogP contribution in [-0.2, 0) is 5.75 Å². The fourth-order valence-electron chi connectivity index (χ4n) is 2.09. The second-order valence-electron chi connectivity index (χ2n) is 4.92. The van der Waals surface area contributed by atoms with Gasteiger partial charge in [0.1, 0.15) is 5.82 Å². The van der Waals surface area contributed by atoms with Crippen LogP contribution in [0.1, 0.15) is 17.0 Å². The highest BCUT2D eigenvalue weighted by Crippen LogP contribution is 2.25. The smallest absolute Gasteiger partial charge is 0.259 e. The van der Waals surface area contributed by atoms with Crippen molar-refractivity contribution in [3.8, 4) is 0 Å². The minimum Gasteiger partial charge on any atom is -0.259 e. The number of aromatic amines is 1. The predicted octanol–water partition coefficient (Wildman–Crippen LogP) is 4.18. The van der Waals surface area contributed by atoms with Crippen molar-refractivity contribution < 1.29 is 4.92 Å². The third-order valence-corrected chi connectivity index (χ3v) is 4.16. The zero-order valence-electron chi connectivity index (χ0n) is 12.6. The number of H-pyrrole nitrogens is 1. The first-order valence-corrected chi connectivity index (χ1v) is 8.21. The SMILES string of the molecule is O=[N+]([O-])c1ccccc1CSc1n[nH]c(/C=C/c2ccccc2)n1. The summed E-state index contributed by atoms with van der Waals surface area (Å²) in [5, 5.41) is 18.5. The number of para-hydroxylation sites is 1. The molecule has 1 heterocycles. The van der Waals surface area contributed by atoms with E-state index in [1.807, 2.05) is 42.5 Å². The van der Waals surface area contributed by atoms with Crippen LogP contribution in [0.5, 0.6) is 0 Å². The van der Waals surface area contributed by atoms with Crippen LogP contribution < -0.4 is 0 Å². The maximum atomic E-state index is 11.0. The molecule has 1 aromatic heterocycles. The van der Waals surface area contributed by atoms with Gasteiger partial charge in [-0.3, -0.25) is 15.2 Å². The van der Waals surface area contributed by atoms with Crippen molar-refractivity contribution in [2.75, 3.05) is 0 Å². The lowest BCUT2D eigenvalue weighted by Crippen LogP contribution is -1.93. The van der Waals surface area contributed by atoms with Gasteiger partial charge in [0, 0.05) is 17.4 Å². The predicted molar refractivity (Wildman–Crippen MR) is 94.4 cm³/mol. The topological polar surface area (TPSA) is 84.7 Å². The molecule has 7 heteroatoms. The van der Waals surface area contributed by atoms with Gasteiger partial charge in [-0.25, -0.2) is 4.98 Å². The van der Waals surface area contributed by atoms with Crippen LogP contribution in [0.4, 0.5) is 5.69 Å². The highest BCUT2D eigenvalue weighted by molar-refractivity contribution is 7.98. The maximum absolute atomic E-state index is 11.0. The summed E-state index contributed by atoms with van der Waals surface area (Å²) < 4.78 is 0. The van der Waals surface area contributed by atoms with Crippen LogP contribution in [0.25, 0.3) is 12.2 Å². The summed E-state index contributed by atoms with van der Waals surface area (Å²) in [6.45, 7) is 0. The summed E-state index contributed by atoms with van der Waals surface area (Å²) in [5.74, 6) is 1.08. The lowest BCUT2D eigenvalue weighted by Gasteiger charge is -1.99. The third-order valence-electron chi connectivity index (χ3n) is 3.26. The summed E-state index contributed by atoms with van der Waals surface area (Å²) in [6, 6.07) is 16.6. The lowest BCUT2D eigenvalue weighted by molar-refractivity contribution is -0.385. The third kappa shape index (κ3) is 4.08. The normalized spacial score (nSPS) is 11.0. The maximum Gasteiger partial charge on any atom is 0.273 e. The number of nitro groups is 1. The van der Waals surface area contributed by atoms with E-state index in [0.29, 0.717) is 22.3 Å². The molecule has 2 aromatic carbocycles. The van der Waals surface area contributed by atoms with E-state index >= 15 is 0 Å². The van der Waals surface area contributed by atoms with Crippen molar-refractivity contribution in [1.29, 1.82) is 0 Å². The Morgan fingerprint density at radius 3 is 2.62 bits per heavy atom. The fourth-order valence-corrected chi connectivity index (χ4v) is 2.89. The summed E-state index contributed by atoms with van der Waals surface area (Å²) in [4.78, 5) is 15.0. The van der Waals surface area contributed by atoms with Crippen LogP contribution in [0, 0.1) is 10.1 Å². The number of benzene rings is 2. The van der Waals surface area contributed by atoms with E-state index in [2.05, 4.69) is 15.2 Å². The molecule has 0 aliphatic rings. The van der Waals surface area contributed by atoms with Crippen LogP contribution in [0.3, 0.4) is 0 Å². The Kier molecular flexibility index (Phi) is 5.02. The number of hydrogen-bond acceptors (Lipinski definition) is 5. The van der Waals surface area contributed by atoms with E-state index < -0.39 is 0 Å². The van der Waals surface area contributed by atoms with Gasteiger partial charge < -0.3 is 0 Å². The Morgan fingerprint density at radius 1 is 1.08 bits per heavy atom. The van der Waals surface area contributed by atoms with Crippen LogP contribution >= 0.6 is 11.8 Å². The zero-order chi connectivity index (χ0) is 16.8. The van der Waals surface area contributed by atoms with Gasteiger partial charge in [-0.2, -0.15) is 0 Å². The van der Waals surface area contributed by atoms with Crippen molar-refractivity contribution in [3.63, 3.8) is 0 Å². The molecule has 24 heavy (non-hydrogen) atoms. The van der Waals surface area contributed by atoms with Crippen molar-refractivity contribution >= 4 is 29.6 Å². The van der Waals surface area contributed by atoms with E-state index in [-0.39, 0.29) is 10.6 Å². The van der Waals surface area contributed by atoms with Crippen molar-refractivity contribution in [2.24, 2.45) is 0 Å². The molecule has 1 N–H and O–H groups in total. The first-order chi connectivity index (χ1) is 11.7. The van der Waals surface area contributed by atoms with Crippen molar-refractivity contribution in [1.82, 2.24) is 15.2 Å². The molecular formula is C17H14N4O2S. The molecular weight excluding hydrogens is 324 g/mol. The van der Waals surface area contributed by atoms with Crippen LogP contribution in [-0.4, -0.2) is 20.1 Å². The molecule has 120 valence electrons. The van der Waals surface area contributed by atoms with E-state index in [4.69, 9.17) is 0 Å². The number of thioether (sulfide) groups is 1. The molecule has 0 atom stereocenters. The minimum atomic E-state index is -0.373. The summed E-state index contributed by atoms with van der Waals surface area (Å²) in [6.07, 6.45) is 3.79. The summed E-state index contributed by atoms with van der Waals surface area (Å²) >= 11 is 1.36. The van der Waals surface area contributed by atoms with Gasteiger partial charge in [0.15, 0.2) is 0 Å².